The van der Waals surface area contributed by atoms with Gasteiger partial charge in [-0.1, -0.05) is 0 Å². The molecular weight excluding hydrogens is 753 g/mol. The van der Waals surface area contributed by atoms with Crippen LogP contribution in [-0.2, 0) is 22.7 Å². The van der Waals surface area contributed by atoms with Gasteiger partial charge in [-0.2, -0.15) is 0 Å². The van der Waals surface area contributed by atoms with Crippen molar-refractivity contribution in [1.82, 2.24) is 0 Å². The molecule has 3 aromatic carbocycles. The molecule has 45 heavy (non-hydrogen) atoms. The smallest absolute Gasteiger partial charge is 0.226 e. The summed E-state index contributed by atoms with van der Waals surface area (Å²) in [6.07, 6.45) is 10.6. The SMILES string of the molecule is CSc1cc(SC)c(COC(Oc2ccc(OCC(C)(O)OCc3c(SC)cc(SC)cc3SC)c(Br)c2)C(C)O)c(SC)c1. The van der Waals surface area contributed by atoms with Crippen LogP contribution in [0.2, 0.25) is 0 Å². The zero-order valence-electron chi connectivity index (χ0n) is 26.7. The molecule has 0 amide bonds. The predicted octanol–water partition coefficient (Wildman–Crippen LogP) is 9.39. The van der Waals surface area contributed by atoms with Crippen molar-refractivity contribution in [3.05, 3.63) is 58.1 Å². The fraction of sp³-hybridized carbons (Fsp3) is 0.438. The van der Waals surface area contributed by atoms with E-state index in [0.717, 1.165) is 30.7 Å². The van der Waals surface area contributed by atoms with Gasteiger partial charge in [-0.05, 0) is 110 Å². The quantitative estimate of drug-likeness (QED) is 0.0953. The van der Waals surface area contributed by atoms with Crippen molar-refractivity contribution in [2.75, 3.05) is 44.1 Å². The molecule has 3 unspecified atom stereocenters. The van der Waals surface area contributed by atoms with E-state index in [-0.39, 0.29) is 13.2 Å². The second-order valence-electron chi connectivity index (χ2n) is 9.90. The number of halogens is 1. The van der Waals surface area contributed by atoms with Crippen molar-refractivity contribution in [3.8, 4) is 11.5 Å². The molecule has 248 valence electrons. The third kappa shape index (κ3) is 11.4. The van der Waals surface area contributed by atoms with E-state index >= 15 is 0 Å². The lowest BCUT2D eigenvalue weighted by Crippen LogP contribution is -2.35. The molecule has 0 heterocycles. The van der Waals surface area contributed by atoms with Gasteiger partial charge >= 0.3 is 0 Å². The molecule has 0 aliphatic carbocycles. The molecule has 6 nitrogen and oxygen atoms in total. The first-order chi connectivity index (χ1) is 21.5. The van der Waals surface area contributed by atoms with Gasteiger partial charge in [0.1, 0.15) is 24.2 Å². The number of aliphatic hydroxyl groups excluding tert-OH is 1. The lowest BCUT2D eigenvalue weighted by atomic mass is 10.2. The van der Waals surface area contributed by atoms with Crippen LogP contribution in [0.25, 0.3) is 0 Å². The average Bonchev–Trinajstić information content (AvgIpc) is 3.04. The maximum atomic E-state index is 11.0. The van der Waals surface area contributed by atoms with Crippen LogP contribution < -0.4 is 9.47 Å². The van der Waals surface area contributed by atoms with Crippen LogP contribution in [0, 0.1) is 0 Å². The number of benzene rings is 3. The molecule has 3 rings (SSSR count). The van der Waals surface area contributed by atoms with Crippen molar-refractivity contribution in [1.29, 1.82) is 0 Å². The number of thioether (sulfide) groups is 6. The number of rotatable bonds is 18. The molecule has 0 saturated carbocycles. The normalized spacial score (nSPS) is 14.2. The Labute approximate surface area is 301 Å². The van der Waals surface area contributed by atoms with Gasteiger partial charge in [0.05, 0.1) is 17.7 Å². The zero-order chi connectivity index (χ0) is 33.1. The maximum Gasteiger partial charge on any atom is 0.226 e. The summed E-state index contributed by atoms with van der Waals surface area (Å²) >= 11 is 13.6. The molecule has 3 atom stereocenters. The van der Waals surface area contributed by atoms with E-state index in [1.807, 2.05) is 12.5 Å². The van der Waals surface area contributed by atoms with Gasteiger partial charge in [-0.3, -0.25) is 0 Å². The van der Waals surface area contributed by atoms with Crippen LogP contribution in [0.15, 0.2) is 76.3 Å². The highest BCUT2D eigenvalue weighted by Gasteiger charge is 2.25. The summed E-state index contributed by atoms with van der Waals surface area (Å²) in [6.45, 7) is 3.71. The van der Waals surface area contributed by atoms with Crippen LogP contribution >= 0.6 is 86.5 Å². The first-order valence-corrected chi connectivity index (χ1v) is 22.0. The first kappa shape index (κ1) is 39.1. The van der Waals surface area contributed by atoms with Crippen LogP contribution in [0.1, 0.15) is 25.0 Å². The van der Waals surface area contributed by atoms with Gasteiger partial charge in [0.2, 0.25) is 6.29 Å². The Kier molecular flexibility index (Phi) is 16.5. The number of aliphatic hydroxyl groups is 2. The Balaban J connectivity index is 1.64. The molecule has 0 radical (unpaired) electrons. The van der Waals surface area contributed by atoms with E-state index in [4.69, 9.17) is 18.9 Å². The Morgan fingerprint density at radius 1 is 0.756 bits per heavy atom. The van der Waals surface area contributed by atoms with E-state index in [0.29, 0.717) is 22.6 Å². The van der Waals surface area contributed by atoms with Crippen LogP contribution in [0.3, 0.4) is 0 Å². The predicted molar refractivity (Wildman–Crippen MR) is 200 cm³/mol. The molecular formula is C32H41BrO6S6. The zero-order valence-corrected chi connectivity index (χ0v) is 33.2. The second-order valence-corrected chi connectivity index (χ2v) is 15.9. The summed E-state index contributed by atoms with van der Waals surface area (Å²) in [7, 11) is 0. The lowest BCUT2D eigenvalue weighted by Gasteiger charge is -2.26. The molecule has 0 spiro atoms. The average molecular weight is 794 g/mol. The minimum absolute atomic E-state index is 0.0812. The molecule has 13 heteroatoms. The molecule has 0 fully saturated rings. The van der Waals surface area contributed by atoms with Crippen LogP contribution in [-0.4, -0.2) is 72.5 Å². The number of hydrogen-bond acceptors (Lipinski definition) is 12. The van der Waals surface area contributed by atoms with Crippen molar-refractivity contribution in [2.24, 2.45) is 0 Å². The van der Waals surface area contributed by atoms with E-state index in [1.54, 1.807) is 103 Å². The Morgan fingerprint density at radius 3 is 1.67 bits per heavy atom. The summed E-state index contributed by atoms with van der Waals surface area (Å²) in [5.41, 5.74) is 2.13. The lowest BCUT2D eigenvalue weighted by molar-refractivity contribution is -0.214. The van der Waals surface area contributed by atoms with Crippen molar-refractivity contribution in [3.63, 3.8) is 0 Å². The Hall–Kier alpha value is -0.320. The molecule has 0 aliphatic rings. The fourth-order valence-electron chi connectivity index (χ4n) is 4.16. The highest BCUT2D eigenvalue weighted by atomic mass is 79.9. The van der Waals surface area contributed by atoms with E-state index in [1.165, 1.54) is 9.79 Å². The highest BCUT2D eigenvalue weighted by Crippen LogP contribution is 2.37. The minimum Gasteiger partial charge on any atom is -0.487 e. The van der Waals surface area contributed by atoms with Gasteiger partial charge < -0.3 is 29.2 Å². The molecule has 0 aliphatic heterocycles. The number of ether oxygens (including phenoxy) is 4. The van der Waals surface area contributed by atoms with Gasteiger partial charge in [0.25, 0.3) is 0 Å². The van der Waals surface area contributed by atoms with Crippen LogP contribution in [0.4, 0.5) is 0 Å². The number of hydrogen-bond donors (Lipinski definition) is 2. The third-order valence-electron chi connectivity index (χ3n) is 6.60. The first-order valence-electron chi connectivity index (χ1n) is 13.8. The van der Waals surface area contributed by atoms with Gasteiger partial charge in [0.15, 0.2) is 5.79 Å². The third-order valence-corrected chi connectivity index (χ3v) is 11.8. The Morgan fingerprint density at radius 2 is 1.24 bits per heavy atom. The molecule has 0 saturated heterocycles. The van der Waals surface area contributed by atoms with Crippen molar-refractivity contribution >= 4 is 86.5 Å². The van der Waals surface area contributed by atoms with E-state index < -0.39 is 18.2 Å². The fourth-order valence-corrected chi connectivity index (χ4v) is 8.65. The van der Waals surface area contributed by atoms with Crippen molar-refractivity contribution < 1.29 is 29.2 Å². The molecule has 2 N–H and O–H groups in total. The second kappa shape index (κ2) is 19.0. The Bertz CT molecular complexity index is 1360. The minimum atomic E-state index is -1.53. The van der Waals surface area contributed by atoms with Crippen LogP contribution in [0.5, 0.6) is 11.5 Å². The van der Waals surface area contributed by atoms with Gasteiger partial charge in [0, 0.05) is 40.5 Å². The standard InChI is InChI=1S/C32H41BrO6S6/c1-19(34)31(36-16-23-27(42-5)12-21(40-3)13-28(23)43-6)39-20-9-10-26(25(33)11-20)37-18-32(2,35)38-17-24-29(44-7)14-22(41-4)15-30(24)45-8/h9-15,19,31,34-35H,16-18H2,1-8H3. The molecule has 0 aromatic heterocycles. The monoisotopic (exact) mass is 792 g/mol. The van der Waals surface area contributed by atoms with E-state index in [2.05, 4.69) is 65.2 Å². The maximum absolute atomic E-state index is 11.0. The largest absolute Gasteiger partial charge is 0.487 e. The topological polar surface area (TPSA) is 77.4 Å². The van der Waals surface area contributed by atoms with E-state index in [9.17, 15) is 10.2 Å². The van der Waals surface area contributed by atoms with Crippen molar-refractivity contribution in [2.45, 2.75) is 74.6 Å². The summed E-state index contributed by atoms with van der Waals surface area (Å²) in [5.74, 6) is -0.510. The van der Waals surface area contributed by atoms with Gasteiger partial charge in [-0.25, -0.2) is 0 Å². The summed E-state index contributed by atoms with van der Waals surface area (Å²) < 4.78 is 24.7. The molecule has 0 bridgehead atoms. The summed E-state index contributed by atoms with van der Waals surface area (Å²) in [4.78, 5) is 6.94. The highest BCUT2D eigenvalue weighted by molar-refractivity contribution is 9.10. The van der Waals surface area contributed by atoms with Gasteiger partial charge in [-0.15, -0.1) is 70.6 Å². The molecule has 3 aromatic rings. The summed E-state index contributed by atoms with van der Waals surface area (Å²) in [6, 6.07) is 13.9. The summed E-state index contributed by atoms with van der Waals surface area (Å²) in [5, 5.41) is 21.5.